The average Bonchev–Trinajstić information content (AvgIpc) is 3.58. The second-order valence-corrected chi connectivity index (χ2v) is 11.3. The number of aliphatic carboxylic acids is 1. The van der Waals surface area contributed by atoms with E-state index in [1.54, 1.807) is 17.5 Å². The summed E-state index contributed by atoms with van der Waals surface area (Å²) in [6, 6.07) is 2.75. The zero-order valence-electron chi connectivity index (χ0n) is 20.7. The second kappa shape index (κ2) is 12.1. The largest absolute Gasteiger partial charge is 0.480 e. The van der Waals surface area contributed by atoms with Crippen LogP contribution >= 0.6 is 22.7 Å². The Morgan fingerprint density at radius 3 is 2.50 bits per heavy atom. The number of rotatable bonds is 9. The monoisotopic (exact) mass is 534 g/mol. The summed E-state index contributed by atoms with van der Waals surface area (Å²) >= 11 is 2.58. The number of carbonyl (C=O) groups excluding carboxylic acids is 2. The first-order valence-electron chi connectivity index (χ1n) is 12.4. The summed E-state index contributed by atoms with van der Waals surface area (Å²) in [6.07, 6.45) is 2.37. The lowest BCUT2D eigenvalue weighted by atomic mass is 10.0. The van der Waals surface area contributed by atoms with E-state index < -0.39 is 17.9 Å². The van der Waals surface area contributed by atoms with E-state index in [2.05, 4.69) is 25.8 Å². The molecule has 4 rings (SSSR count). The van der Waals surface area contributed by atoms with Crippen molar-refractivity contribution in [3.05, 3.63) is 33.0 Å². The van der Waals surface area contributed by atoms with Gasteiger partial charge in [0.1, 0.15) is 10.9 Å². The lowest BCUT2D eigenvalue weighted by Crippen LogP contribution is -2.52. The summed E-state index contributed by atoms with van der Waals surface area (Å²) in [5.41, 5.74) is 0.711. The Labute approximate surface area is 219 Å². The normalized spacial score (nSPS) is 18.2. The van der Waals surface area contributed by atoms with Gasteiger partial charge >= 0.3 is 5.97 Å². The van der Waals surface area contributed by atoms with Gasteiger partial charge in [-0.2, -0.15) is 0 Å². The third-order valence-electron chi connectivity index (χ3n) is 6.62. The highest BCUT2D eigenvalue weighted by Crippen LogP contribution is 2.31. The van der Waals surface area contributed by atoms with Crippen LogP contribution in [0.5, 0.6) is 0 Å². The molecule has 0 spiro atoms. The fourth-order valence-corrected chi connectivity index (χ4v) is 6.39. The molecule has 2 aliphatic rings. The first-order chi connectivity index (χ1) is 17.3. The highest BCUT2D eigenvalue weighted by Gasteiger charge is 2.29. The topological polar surface area (TPSA) is 127 Å². The molecule has 0 aliphatic carbocycles. The molecule has 10 nitrogen and oxygen atoms in total. The number of carboxylic acid groups (broad SMARTS) is 1. The summed E-state index contributed by atoms with van der Waals surface area (Å²) < 4.78 is 0. The molecule has 4 N–H and O–H groups in total. The lowest BCUT2D eigenvalue weighted by Gasteiger charge is -2.40. The minimum Gasteiger partial charge on any atom is -0.480 e. The molecule has 0 bridgehead atoms. The Balaban J connectivity index is 1.37. The third kappa shape index (κ3) is 6.41. The quantitative estimate of drug-likeness (QED) is 0.384. The Kier molecular flexibility index (Phi) is 8.94. The molecule has 2 fully saturated rings. The van der Waals surface area contributed by atoms with Crippen LogP contribution in [0.25, 0.3) is 0 Å². The van der Waals surface area contributed by atoms with Gasteiger partial charge in [0.25, 0.3) is 11.8 Å². The molecule has 4 heterocycles. The van der Waals surface area contributed by atoms with Gasteiger partial charge in [-0.15, -0.1) is 11.3 Å². The molecule has 0 unspecified atom stereocenters. The van der Waals surface area contributed by atoms with E-state index in [1.807, 2.05) is 13.8 Å². The maximum atomic E-state index is 13.1. The number of nitrogens with one attached hydrogen (secondary N) is 3. The maximum absolute atomic E-state index is 13.1. The van der Waals surface area contributed by atoms with Crippen molar-refractivity contribution >= 4 is 45.6 Å². The standard InChI is InChI=1S/C24H34N6O4S2/c1-15(2)19-20(22(32)26-14-17(23(33)34)27-21(31)18-4-3-13-35-18)36-24(28-19)30-11-9-29(10-12-30)16-5-7-25-8-6-16/h3-4,13,15-17,25H,5-12,14H2,1-2H3,(H,26,32)(H,27,31)(H,33,34)/t17-/m0/s1. The number of thiophene rings is 1. The van der Waals surface area contributed by atoms with E-state index in [0.29, 0.717) is 21.5 Å². The molecule has 2 aromatic rings. The van der Waals surface area contributed by atoms with Gasteiger partial charge in [-0.05, 0) is 43.3 Å². The molecule has 2 saturated heterocycles. The minimum atomic E-state index is -1.23. The van der Waals surface area contributed by atoms with Gasteiger partial charge in [0.2, 0.25) is 0 Å². The Bertz CT molecular complexity index is 1040. The average molecular weight is 535 g/mol. The van der Waals surface area contributed by atoms with E-state index in [4.69, 9.17) is 4.98 Å². The molecule has 2 aliphatic heterocycles. The Hall–Kier alpha value is -2.54. The Morgan fingerprint density at radius 1 is 1.17 bits per heavy atom. The zero-order chi connectivity index (χ0) is 25.7. The molecule has 1 atom stereocenters. The van der Waals surface area contributed by atoms with Crippen LogP contribution < -0.4 is 20.9 Å². The molecule has 0 aromatic carbocycles. The van der Waals surface area contributed by atoms with Crippen LogP contribution in [0.1, 0.15) is 57.6 Å². The molecular weight excluding hydrogens is 500 g/mol. The molecular formula is C24H34N6O4S2. The highest BCUT2D eigenvalue weighted by atomic mass is 32.1. The number of piperazine rings is 1. The van der Waals surface area contributed by atoms with Crippen LogP contribution in [0.15, 0.2) is 17.5 Å². The van der Waals surface area contributed by atoms with E-state index in [1.165, 1.54) is 35.5 Å². The summed E-state index contributed by atoms with van der Waals surface area (Å²) in [5, 5.41) is 20.7. The molecule has 2 amide bonds. The number of carboxylic acids is 1. The van der Waals surface area contributed by atoms with Crippen LogP contribution in [0.4, 0.5) is 5.13 Å². The fourth-order valence-electron chi connectivity index (χ4n) is 4.57. The first kappa shape index (κ1) is 26.5. The number of anilines is 1. The molecule has 36 heavy (non-hydrogen) atoms. The fraction of sp³-hybridized carbons (Fsp3) is 0.583. The summed E-state index contributed by atoms with van der Waals surface area (Å²) in [5.74, 6) is -2.01. The van der Waals surface area contributed by atoms with Crippen LogP contribution in [0.2, 0.25) is 0 Å². The van der Waals surface area contributed by atoms with Crippen molar-refractivity contribution < 1.29 is 19.5 Å². The van der Waals surface area contributed by atoms with Crippen molar-refractivity contribution in [3.8, 4) is 0 Å². The van der Waals surface area contributed by atoms with Crippen LogP contribution in [-0.2, 0) is 4.79 Å². The molecule has 196 valence electrons. The number of hydrogen-bond acceptors (Lipinski definition) is 9. The van der Waals surface area contributed by atoms with Gasteiger partial charge in [-0.25, -0.2) is 9.78 Å². The molecule has 12 heteroatoms. The van der Waals surface area contributed by atoms with Crippen molar-refractivity contribution in [2.24, 2.45) is 0 Å². The van der Waals surface area contributed by atoms with Crippen molar-refractivity contribution in [2.45, 2.75) is 44.7 Å². The number of hydrogen-bond donors (Lipinski definition) is 4. The van der Waals surface area contributed by atoms with Gasteiger partial charge in [0, 0.05) is 38.8 Å². The van der Waals surface area contributed by atoms with Gasteiger partial charge in [-0.3, -0.25) is 14.5 Å². The number of aromatic nitrogens is 1. The minimum absolute atomic E-state index is 0.0422. The van der Waals surface area contributed by atoms with E-state index in [0.717, 1.165) is 44.4 Å². The van der Waals surface area contributed by atoms with Crippen molar-refractivity contribution in [2.75, 3.05) is 50.7 Å². The predicted molar refractivity (Wildman–Crippen MR) is 141 cm³/mol. The van der Waals surface area contributed by atoms with Gasteiger partial charge < -0.3 is 26.0 Å². The summed E-state index contributed by atoms with van der Waals surface area (Å²) in [7, 11) is 0. The van der Waals surface area contributed by atoms with Crippen LogP contribution in [0, 0.1) is 0 Å². The first-order valence-corrected chi connectivity index (χ1v) is 14.1. The molecule has 0 radical (unpaired) electrons. The zero-order valence-corrected chi connectivity index (χ0v) is 22.3. The number of nitrogens with zero attached hydrogens (tertiary/aromatic N) is 3. The summed E-state index contributed by atoms with van der Waals surface area (Å²) in [6.45, 7) is 9.61. The van der Waals surface area contributed by atoms with Crippen LogP contribution in [0.3, 0.4) is 0 Å². The second-order valence-electron chi connectivity index (χ2n) is 9.42. The van der Waals surface area contributed by atoms with Crippen molar-refractivity contribution in [1.29, 1.82) is 0 Å². The van der Waals surface area contributed by atoms with Crippen molar-refractivity contribution in [1.82, 2.24) is 25.8 Å². The number of amides is 2. The highest BCUT2D eigenvalue weighted by molar-refractivity contribution is 7.17. The van der Waals surface area contributed by atoms with Gasteiger partial charge in [0.15, 0.2) is 5.13 Å². The van der Waals surface area contributed by atoms with Crippen LogP contribution in [-0.4, -0.2) is 90.7 Å². The van der Waals surface area contributed by atoms with E-state index in [9.17, 15) is 19.5 Å². The maximum Gasteiger partial charge on any atom is 0.328 e. The lowest BCUT2D eigenvalue weighted by molar-refractivity contribution is -0.139. The number of piperidine rings is 1. The number of thiazole rings is 1. The van der Waals surface area contributed by atoms with E-state index in [-0.39, 0.29) is 18.4 Å². The van der Waals surface area contributed by atoms with E-state index >= 15 is 0 Å². The predicted octanol–water partition coefficient (Wildman–Crippen LogP) is 1.82. The van der Waals surface area contributed by atoms with Gasteiger partial charge in [-0.1, -0.05) is 31.3 Å². The van der Waals surface area contributed by atoms with Crippen molar-refractivity contribution in [3.63, 3.8) is 0 Å². The smallest absolute Gasteiger partial charge is 0.328 e. The third-order valence-corrected chi connectivity index (χ3v) is 8.62. The number of carbonyl (C=O) groups is 3. The summed E-state index contributed by atoms with van der Waals surface area (Å²) in [4.78, 5) is 47.6. The SMILES string of the molecule is CC(C)c1nc(N2CCN(C3CCNCC3)CC2)sc1C(=O)NC[C@H](NC(=O)c1cccs1)C(=O)O. The molecule has 0 saturated carbocycles. The molecule has 2 aromatic heterocycles. The Morgan fingerprint density at radius 2 is 1.89 bits per heavy atom. The van der Waals surface area contributed by atoms with Gasteiger partial charge in [0.05, 0.1) is 10.6 Å².